The molecule has 0 aromatic heterocycles. The van der Waals surface area contributed by atoms with Gasteiger partial charge in [-0.05, 0) is 24.6 Å². The van der Waals surface area contributed by atoms with E-state index in [2.05, 4.69) is 37.2 Å². The summed E-state index contributed by atoms with van der Waals surface area (Å²) in [6.07, 6.45) is -3.68. The number of carbonyl (C=O) groups excluding carboxylic acids is 1. The zero-order valence-corrected chi connectivity index (χ0v) is 13.2. The second kappa shape index (κ2) is 6.74. The maximum Gasteiger partial charge on any atom is 0.417 e. The predicted octanol–water partition coefficient (Wildman–Crippen LogP) is 4.37. The lowest BCUT2D eigenvalue weighted by Gasteiger charge is -2.12. The fraction of sp³-hybridized carbons (Fsp3) is 0.417. The van der Waals surface area contributed by atoms with Gasteiger partial charge in [0.15, 0.2) is 0 Å². The number of amides is 1. The highest BCUT2D eigenvalue weighted by molar-refractivity contribution is 9.10. The van der Waals surface area contributed by atoms with E-state index in [-0.39, 0.29) is 14.9 Å². The monoisotopic (exact) mass is 401 g/mol. The fourth-order valence-electron chi connectivity index (χ4n) is 1.33. The third-order valence-electron chi connectivity index (χ3n) is 2.46. The molecule has 2 nitrogen and oxygen atoms in total. The molecule has 1 rings (SSSR count). The average molecular weight is 403 g/mol. The molecular formula is C12H12Br2F3NO. The topological polar surface area (TPSA) is 29.1 Å². The Morgan fingerprint density at radius 2 is 2.05 bits per heavy atom. The molecule has 1 amide bonds. The van der Waals surface area contributed by atoms with Crippen LogP contribution in [0.4, 0.5) is 13.2 Å². The Kier molecular flexibility index (Phi) is 5.85. The third-order valence-corrected chi connectivity index (χ3v) is 4.12. The number of hydrogen-bond donors (Lipinski definition) is 1. The fourth-order valence-corrected chi connectivity index (χ4v) is 1.97. The van der Waals surface area contributed by atoms with Crippen molar-refractivity contribution in [2.75, 3.05) is 6.54 Å². The van der Waals surface area contributed by atoms with Crippen LogP contribution in [0.25, 0.3) is 0 Å². The molecule has 0 aliphatic rings. The van der Waals surface area contributed by atoms with Gasteiger partial charge < -0.3 is 5.32 Å². The molecule has 0 aliphatic heterocycles. The van der Waals surface area contributed by atoms with Gasteiger partial charge in [-0.15, -0.1) is 0 Å². The van der Waals surface area contributed by atoms with Crippen molar-refractivity contribution in [1.29, 1.82) is 0 Å². The SMILES string of the molecule is CCC(Br)CNC(=O)c1ccc(Br)c(C(F)(F)F)c1. The van der Waals surface area contributed by atoms with Crippen molar-refractivity contribution in [2.24, 2.45) is 0 Å². The molecule has 1 unspecified atom stereocenters. The van der Waals surface area contributed by atoms with E-state index in [1.807, 2.05) is 6.92 Å². The lowest BCUT2D eigenvalue weighted by molar-refractivity contribution is -0.138. The first-order valence-electron chi connectivity index (χ1n) is 5.54. The summed E-state index contributed by atoms with van der Waals surface area (Å²) in [4.78, 5) is 11.8. The van der Waals surface area contributed by atoms with Crippen LogP contribution in [0, 0.1) is 0 Å². The Bertz CT molecular complexity index is 463. The molecule has 0 spiro atoms. The summed E-state index contributed by atoms with van der Waals surface area (Å²) in [6.45, 7) is 2.31. The van der Waals surface area contributed by atoms with Gasteiger partial charge in [0.2, 0.25) is 0 Å². The van der Waals surface area contributed by atoms with Crippen molar-refractivity contribution >= 4 is 37.8 Å². The molecule has 0 aliphatic carbocycles. The second-order valence-electron chi connectivity index (χ2n) is 3.91. The van der Waals surface area contributed by atoms with Gasteiger partial charge in [-0.2, -0.15) is 13.2 Å². The second-order valence-corrected chi connectivity index (χ2v) is 6.06. The van der Waals surface area contributed by atoms with E-state index >= 15 is 0 Å². The molecule has 1 N–H and O–H groups in total. The van der Waals surface area contributed by atoms with E-state index in [9.17, 15) is 18.0 Å². The van der Waals surface area contributed by atoms with Crippen LogP contribution in [0.15, 0.2) is 22.7 Å². The maximum absolute atomic E-state index is 12.7. The maximum atomic E-state index is 12.7. The van der Waals surface area contributed by atoms with E-state index in [1.54, 1.807) is 0 Å². The van der Waals surface area contributed by atoms with Crippen LogP contribution in [0.3, 0.4) is 0 Å². The van der Waals surface area contributed by atoms with Crippen LogP contribution in [-0.2, 0) is 6.18 Å². The van der Waals surface area contributed by atoms with Gasteiger partial charge in [0.1, 0.15) is 0 Å². The molecule has 0 saturated heterocycles. The summed E-state index contributed by atoms with van der Waals surface area (Å²) in [5.41, 5.74) is -0.864. The van der Waals surface area contributed by atoms with Crippen molar-refractivity contribution in [3.8, 4) is 0 Å². The van der Waals surface area contributed by atoms with Crippen molar-refractivity contribution in [3.63, 3.8) is 0 Å². The average Bonchev–Trinajstić information content (AvgIpc) is 2.34. The largest absolute Gasteiger partial charge is 0.417 e. The third kappa shape index (κ3) is 4.80. The molecule has 0 bridgehead atoms. The molecule has 0 fully saturated rings. The quantitative estimate of drug-likeness (QED) is 0.744. The summed E-state index contributed by atoms with van der Waals surface area (Å²) < 4.78 is 38.0. The van der Waals surface area contributed by atoms with Crippen molar-refractivity contribution in [3.05, 3.63) is 33.8 Å². The minimum Gasteiger partial charge on any atom is -0.351 e. The van der Waals surface area contributed by atoms with E-state index in [1.165, 1.54) is 12.1 Å². The number of carbonyl (C=O) groups is 1. The first-order valence-corrected chi connectivity index (χ1v) is 7.25. The Morgan fingerprint density at radius 3 is 2.58 bits per heavy atom. The summed E-state index contributed by atoms with van der Waals surface area (Å²) in [5, 5.41) is 2.58. The Hall–Kier alpha value is -0.560. The summed E-state index contributed by atoms with van der Waals surface area (Å²) in [5.74, 6) is -0.518. The van der Waals surface area contributed by atoms with E-state index in [0.717, 1.165) is 12.5 Å². The van der Waals surface area contributed by atoms with Gasteiger partial charge in [0.25, 0.3) is 5.91 Å². The van der Waals surface area contributed by atoms with Crippen LogP contribution in [0.5, 0.6) is 0 Å². The first kappa shape index (κ1) is 16.5. The molecule has 1 aromatic rings. The van der Waals surface area contributed by atoms with Crippen molar-refractivity contribution in [1.82, 2.24) is 5.32 Å². The predicted molar refractivity (Wildman–Crippen MR) is 74.5 cm³/mol. The molecule has 0 saturated carbocycles. The number of benzene rings is 1. The number of hydrogen-bond acceptors (Lipinski definition) is 1. The highest BCUT2D eigenvalue weighted by atomic mass is 79.9. The highest BCUT2D eigenvalue weighted by Crippen LogP contribution is 2.35. The molecule has 0 radical (unpaired) electrons. The number of nitrogens with one attached hydrogen (secondary N) is 1. The van der Waals surface area contributed by atoms with Crippen LogP contribution < -0.4 is 5.32 Å². The lowest BCUT2D eigenvalue weighted by Crippen LogP contribution is -2.29. The number of rotatable bonds is 4. The van der Waals surface area contributed by atoms with Gasteiger partial charge in [0.05, 0.1) is 5.56 Å². The van der Waals surface area contributed by atoms with E-state index in [0.29, 0.717) is 6.54 Å². The Morgan fingerprint density at radius 1 is 1.42 bits per heavy atom. The van der Waals surface area contributed by atoms with Gasteiger partial charge in [0, 0.05) is 21.4 Å². The van der Waals surface area contributed by atoms with Gasteiger partial charge in [-0.3, -0.25) is 4.79 Å². The zero-order valence-electron chi connectivity index (χ0n) is 10.0. The van der Waals surface area contributed by atoms with Gasteiger partial charge in [-0.1, -0.05) is 38.8 Å². The highest BCUT2D eigenvalue weighted by Gasteiger charge is 2.33. The standard InChI is InChI=1S/C12H12Br2F3NO/c1-2-8(13)6-18-11(19)7-3-4-10(14)9(5-7)12(15,16)17/h3-5,8H,2,6H2,1H3,(H,18,19). The van der Waals surface area contributed by atoms with E-state index in [4.69, 9.17) is 0 Å². The van der Waals surface area contributed by atoms with Crippen LogP contribution in [0.2, 0.25) is 0 Å². The zero-order chi connectivity index (χ0) is 14.6. The lowest BCUT2D eigenvalue weighted by atomic mass is 10.1. The minimum atomic E-state index is -4.49. The van der Waals surface area contributed by atoms with Gasteiger partial charge >= 0.3 is 6.18 Å². The van der Waals surface area contributed by atoms with E-state index < -0.39 is 17.6 Å². The number of alkyl halides is 4. The molecule has 7 heteroatoms. The summed E-state index contributed by atoms with van der Waals surface area (Å²) >= 11 is 6.16. The molecule has 106 valence electrons. The van der Waals surface area contributed by atoms with Crippen molar-refractivity contribution in [2.45, 2.75) is 24.3 Å². The normalized spacial score (nSPS) is 13.2. The summed E-state index contributed by atoms with van der Waals surface area (Å²) in [7, 11) is 0. The summed E-state index contributed by atoms with van der Waals surface area (Å²) in [6, 6.07) is 3.42. The Balaban J connectivity index is 2.87. The first-order chi connectivity index (χ1) is 8.75. The minimum absolute atomic E-state index is 0.00803. The van der Waals surface area contributed by atoms with Crippen LogP contribution in [-0.4, -0.2) is 17.3 Å². The molecule has 19 heavy (non-hydrogen) atoms. The van der Waals surface area contributed by atoms with Gasteiger partial charge in [-0.25, -0.2) is 0 Å². The Labute approximate surface area is 126 Å². The molecular weight excluding hydrogens is 391 g/mol. The smallest absolute Gasteiger partial charge is 0.351 e. The molecule has 1 atom stereocenters. The van der Waals surface area contributed by atoms with Crippen molar-refractivity contribution < 1.29 is 18.0 Å². The molecule has 0 heterocycles. The molecule has 1 aromatic carbocycles. The van der Waals surface area contributed by atoms with Crippen LogP contribution >= 0.6 is 31.9 Å². The van der Waals surface area contributed by atoms with Crippen LogP contribution in [0.1, 0.15) is 29.3 Å². The number of halogens is 5.